The lowest BCUT2D eigenvalue weighted by atomic mass is 9.92. The summed E-state index contributed by atoms with van der Waals surface area (Å²) in [7, 11) is -3.42. The minimum absolute atomic E-state index is 0.0572. The van der Waals surface area contributed by atoms with Gasteiger partial charge in [0.15, 0.2) is 11.6 Å². The van der Waals surface area contributed by atoms with E-state index in [4.69, 9.17) is 4.74 Å². The van der Waals surface area contributed by atoms with Crippen molar-refractivity contribution in [3.05, 3.63) is 41.7 Å². The molecular formula is C22H32FNO3S. The Balaban J connectivity index is 1.59. The Kier molecular flexibility index (Phi) is 6.20. The van der Waals surface area contributed by atoms with Gasteiger partial charge in [-0.25, -0.2) is 17.5 Å². The third-order valence-electron chi connectivity index (χ3n) is 5.21. The number of benzene rings is 1. The van der Waals surface area contributed by atoms with Crippen LogP contribution >= 0.6 is 0 Å². The van der Waals surface area contributed by atoms with Gasteiger partial charge in [0.1, 0.15) is 0 Å². The van der Waals surface area contributed by atoms with Crippen LogP contribution in [0.3, 0.4) is 0 Å². The van der Waals surface area contributed by atoms with E-state index in [0.717, 1.165) is 37.7 Å². The van der Waals surface area contributed by atoms with Crippen molar-refractivity contribution in [1.82, 2.24) is 4.72 Å². The highest BCUT2D eigenvalue weighted by atomic mass is 32.2. The second-order valence-corrected chi connectivity index (χ2v) is 11.3. The Labute approximate surface area is 168 Å². The maximum atomic E-state index is 14.0. The van der Waals surface area contributed by atoms with E-state index in [1.807, 2.05) is 12.2 Å². The molecule has 0 saturated heterocycles. The minimum atomic E-state index is -3.42. The molecule has 1 aromatic carbocycles. The summed E-state index contributed by atoms with van der Waals surface area (Å²) >= 11 is 0. The largest absolute Gasteiger partial charge is 0.490 e. The van der Waals surface area contributed by atoms with Crippen LogP contribution in [0.1, 0.15) is 64.9 Å². The predicted octanol–water partition coefficient (Wildman–Crippen LogP) is 4.91. The SMILES string of the molecule is CC(C)(C)C/C=C\CCS(=O)(=O)NC1(c2ccc(F)c(OCC3CC3)c2)CC1. The molecule has 3 rings (SSSR count). The second kappa shape index (κ2) is 8.15. The maximum absolute atomic E-state index is 14.0. The van der Waals surface area contributed by atoms with E-state index in [-0.39, 0.29) is 16.9 Å². The van der Waals surface area contributed by atoms with Gasteiger partial charge >= 0.3 is 0 Å². The Morgan fingerprint density at radius 3 is 2.57 bits per heavy atom. The molecule has 0 bridgehead atoms. The molecule has 6 heteroatoms. The molecule has 0 spiro atoms. The van der Waals surface area contributed by atoms with E-state index >= 15 is 0 Å². The number of nitrogens with one attached hydrogen (secondary N) is 1. The van der Waals surface area contributed by atoms with Crippen LogP contribution in [0.25, 0.3) is 0 Å². The standard InChI is InChI=1S/C22H32FNO3S/c1-21(2,3)11-5-4-6-14-28(25,26)24-22(12-13-22)18-9-10-19(23)20(15-18)27-16-17-7-8-17/h4-5,9-10,15,17,24H,6-8,11-14,16H2,1-3H3/b5-4-. The van der Waals surface area contributed by atoms with Crippen LogP contribution in [0.15, 0.2) is 30.4 Å². The molecule has 0 aliphatic heterocycles. The lowest BCUT2D eigenvalue weighted by Gasteiger charge is -2.19. The molecule has 1 N–H and O–H groups in total. The summed E-state index contributed by atoms with van der Waals surface area (Å²) in [5, 5.41) is 0. The van der Waals surface area contributed by atoms with Crippen LogP contribution in [0.5, 0.6) is 5.75 Å². The van der Waals surface area contributed by atoms with Gasteiger partial charge in [0, 0.05) is 0 Å². The average Bonchev–Trinajstić information content (AvgIpc) is 3.49. The van der Waals surface area contributed by atoms with Crippen LogP contribution in [-0.2, 0) is 15.6 Å². The van der Waals surface area contributed by atoms with Gasteiger partial charge in [0.2, 0.25) is 10.0 Å². The van der Waals surface area contributed by atoms with E-state index in [1.165, 1.54) is 6.07 Å². The van der Waals surface area contributed by atoms with E-state index in [2.05, 4.69) is 25.5 Å². The first-order valence-electron chi connectivity index (χ1n) is 10.2. The quantitative estimate of drug-likeness (QED) is 0.559. The topological polar surface area (TPSA) is 55.4 Å². The molecule has 2 aliphatic carbocycles. The lowest BCUT2D eigenvalue weighted by molar-refractivity contribution is 0.284. The zero-order chi connectivity index (χ0) is 20.4. The lowest BCUT2D eigenvalue weighted by Crippen LogP contribution is -2.36. The van der Waals surface area contributed by atoms with Crippen molar-refractivity contribution in [3.63, 3.8) is 0 Å². The number of sulfonamides is 1. The zero-order valence-electron chi connectivity index (χ0n) is 17.1. The first-order chi connectivity index (χ1) is 13.1. The van der Waals surface area contributed by atoms with Crippen molar-refractivity contribution in [2.24, 2.45) is 11.3 Å². The molecule has 1 aromatic rings. The van der Waals surface area contributed by atoms with Crippen molar-refractivity contribution < 1.29 is 17.5 Å². The molecular weight excluding hydrogens is 377 g/mol. The molecule has 0 unspecified atom stereocenters. The third-order valence-corrected chi connectivity index (χ3v) is 6.68. The second-order valence-electron chi connectivity index (χ2n) is 9.43. The van der Waals surface area contributed by atoms with Gasteiger partial charge in [-0.2, -0.15) is 0 Å². The summed E-state index contributed by atoms with van der Waals surface area (Å²) in [5.41, 5.74) is 0.374. The van der Waals surface area contributed by atoms with E-state index in [1.54, 1.807) is 12.1 Å². The Morgan fingerprint density at radius 1 is 1.25 bits per heavy atom. The van der Waals surface area contributed by atoms with Crippen molar-refractivity contribution in [1.29, 1.82) is 0 Å². The van der Waals surface area contributed by atoms with E-state index in [9.17, 15) is 12.8 Å². The van der Waals surface area contributed by atoms with Crippen LogP contribution in [0.2, 0.25) is 0 Å². The summed E-state index contributed by atoms with van der Waals surface area (Å²) in [6, 6.07) is 4.70. The third kappa shape index (κ3) is 6.31. The van der Waals surface area contributed by atoms with E-state index < -0.39 is 21.4 Å². The summed E-state index contributed by atoms with van der Waals surface area (Å²) in [4.78, 5) is 0. The molecule has 0 heterocycles. The van der Waals surface area contributed by atoms with Crippen molar-refractivity contribution in [3.8, 4) is 5.75 Å². The molecule has 2 aliphatic rings. The molecule has 0 radical (unpaired) electrons. The van der Waals surface area contributed by atoms with Gasteiger partial charge in [0.05, 0.1) is 17.9 Å². The van der Waals surface area contributed by atoms with Crippen LogP contribution < -0.4 is 9.46 Å². The fourth-order valence-corrected chi connectivity index (χ4v) is 4.57. The molecule has 156 valence electrons. The van der Waals surface area contributed by atoms with Crippen LogP contribution in [0.4, 0.5) is 4.39 Å². The highest BCUT2D eigenvalue weighted by Crippen LogP contribution is 2.47. The summed E-state index contributed by atoms with van der Waals surface area (Å²) < 4.78 is 47.6. The molecule has 0 amide bonds. The van der Waals surface area contributed by atoms with Gasteiger partial charge in [-0.3, -0.25) is 0 Å². The summed E-state index contributed by atoms with van der Waals surface area (Å²) in [6.07, 6.45) is 9.10. The maximum Gasteiger partial charge on any atom is 0.212 e. The Morgan fingerprint density at radius 2 is 1.96 bits per heavy atom. The number of hydrogen-bond acceptors (Lipinski definition) is 3. The van der Waals surface area contributed by atoms with Crippen molar-refractivity contribution >= 4 is 10.0 Å². The van der Waals surface area contributed by atoms with E-state index in [0.29, 0.717) is 18.9 Å². The van der Waals surface area contributed by atoms with Gasteiger partial charge in [-0.05, 0) is 67.6 Å². The number of ether oxygens (including phenoxy) is 1. The first kappa shape index (κ1) is 21.3. The molecule has 2 fully saturated rings. The molecule has 0 atom stereocenters. The van der Waals surface area contributed by atoms with Crippen molar-refractivity contribution in [2.45, 2.75) is 64.8 Å². The zero-order valence-corrected chi connectivity index (χ0v) is 17.9. The van der Waals surface area contributed by atoms with Crippen molar-refractivity contribution in [2.75, 3.05) is 12.4 Å². The predicted molar refractivity (Wildman–Crippen MR) is 110 cm³/mol. The number of hydrogen-bond donors (Lipinski definition) is 1. The fourth-order valence-electron chi connectivity index (χ4n) is 3.11. The summed E-state index contributed by atoms with van der Waals surface area (Å²) in [5.74, 6) is 0.413. The van der Waals surface area contributed by atoms with Crippen LogP contribution in [-0.4, -0.2) is 20.8 Å². The molecule has 4 nitrogen and oxygen atoms in total. The summed E-state index contributed by atoms with van der Waals surface area (Å²) in [6.45, 7) is 6.98. The molecule has 2 saturated carbocycles. The molecule has 0 aromatic heterocycles. The van der Waals surface area contributed by atoms with Gasteiger partial charge in [-0.15, -0.1) is 0 Å². The average molecular weight is 410 g/mol. The highest BCUT2D eigenvalue weighted by Gasteiger charge is 2.47. The van der Waals surface area contributed by atoms with Gasteiger partial charge < -0.3 is 4.74 Å². The highest BCUT2D eigenvalue weighted by molar-refractivity contribution is 7.89. The van der Waals surface area contributed by atoms with Crippen LogP contribution in [0, 0.1) is 17.2 Å². The molecule has 28 heavy (non-hydrogen) atoms. The first-order valence-corrected chi connectivity index (χ1v) is 11.8. The fraction of sp³-hybridized carbons (Fsp3) is 0.636. The Hall–Kier alpha value is -1.40. The number of rotatable bonds is 10. The smallest absolute Gasteiger partial charge is 0.212 e. The minimum Gasteiger partial charge on any atom is -0.490 e. The monoisotopic (exact) mass is 409 g/mol. The Bertz CT molecular complexity index is 819. The number of allylic oxidation sites excluding steroid dienone is 2. The normalized spacial score (nSPS) is 19.1. The van der Waals surface area contributed by atoms with Gasteiger partial charge in [0.25, 0.3) is 0 Å². The van der Waals surface area contributed by atoms with Gasteiger partial charge in [-0.1, -0.05) is 39.0 Å². The number of halogens is 1.